The van der Waals surface area contributed by atoms with Gasteiger partial charge in [0, 0.05) is 18.2 Å². The summed E-state index contributed by atoms with van der Waals surface area (Å²) >= 11 is 0. The second-order valence-corrected chi connectivity index (χ2v) is 7.81. The van der Waals surface area contributed by atoms with Gasteiger partial charge in [-0.25, -0.2) is 13.9 Å². The zero-order valence-electron chi connectivity index (χ0n) is 14.9. The minimum atomic E-state index is -0.269. The molecule has 0 spiro atoms. The fraction of sp³-hybridized carbons (Fsp3) is 0.667. The summed E-state index contributed by atoms with van der Waals surface area (Å²) in [6, 6.07) is 1.58. The van der Waals surface area contributed by atoms with Gasteiger partial charge in [-0.2, -0.15) is 0 Å². The van der Waals surface area contributed by atoms with Gasteiger partial charge in [-0.3, -0.25) is 0 Å². The van der Waals surface area contributed by atoms with Gasteiger partial charge in [0.15, 0.2) is 5.82 Å². The third-order valence-corrected chi connectivity index (χ3v) is 5.04. The molecule has 0 radical (unpaired) electrons. The predicted molar refractivity (Wildman–Crippen MR) is 93.8 cm³/mol. The number of rotatable bonds is 1. The molecule has 7 heteroatoms. The molecule has 3 N–H and O–H groups in total. The zero-order chi connectivity index (χ0) is 18.0. The van der Waals surface area contributed by atoms with Crippen molar-refractivity contribution in [3.63, 3.8) is 0 Å². The molecule has 1 aliphatic carbocycles. The number of halogens is 1. The van der Waals surface area contributed by atoms with Crippen molar-refractivity contribution in [2.24, 2.45) is 5.41 Å². The monoisotopic (exact) mass is 350 g/mol. The highest BCUT2D eigenvalue weighted by Gasteiger charge is 2.34. The lowest BCUT2D eigenvalue weighted by atomic mass is 9.90. The third kappa shape index (κ3) is 4.27. The van der Waals surface area contributed by atoms with E-state index < -0.39 is 0 Å². The van der Waals surface area contributed by atoms with E-state index in [1.807, 2.05) is 0 Å². The Morgan fingerprint density at radius 2 is 2.20 bits per heavy atom. The summed E-state index contributed by atoms with van der Waals surface area (Å²) in [6.45, 7) is 5.88. The third-order valence-electron chi connectivity index (χ3n) is 5.04. The van der Waals surface area contributed by atoms with Gasteiger partial charge < -0.3 is 15.6 Å². The van der Waals surface area contributed by atoms with Crippen molar-refractivity contribution in [1.82, 2.24) is 14.6 Å². The maximum Gasteiger partial charge on any atom is 0.238 e. The number of aliphatic hydroxyl groups excluding tert-OH is 1. The lowest BCUT2D eigenvalue weighted by Crippen LogP contribution is -2.21. The van der Waals surface area contributed by atoms with Gasteiger partial charge in [-0.15, -0.1) is 5.10 Å². The Bertz CT molecular complexity index is 725. The van der Waals surface area contributed by atoms with E-state index >= 15 is 0 Å². The van der Waals surface area contributed by atoms with E-state index in [1.54, 1.807) is 10.6 Å². The van der Waals surface area contributed by atoms with Crippen LogP contribution in [0.4, 0.5) is 10.3 Å². The number of ether oxygens (including phenoxy) is 1. The van der Waals surface area contributed by atoms with Crippen LogP contribution < -0.4 is 5.73 Å². The molecule has 1 saturated carbocycles. The number of hydrogen-bond acceptors (Lipinski definition) is 5. The van der Waals surface area contributed by atoms with Gasteiger partial charge in [-0.05, 0) is 43.6 Å². The summed E-state index contributed by atoms with van der Waals surface area (Å²) in [6.07, 6.45) is 6.48. The maximum atomic E-state index is 13.8. The first-order chi connectivity index (χ1) is 11.9. The van der Waals surface area contributed by atoms with Gasteiger partial charge >= 0.3 is 0 Å². The van der Waals surface area contributed by atoms with E-state index in [0.29, 0.717) is 23.5 Å². The Hall–Kier alpha value is -1.73. The normalized spacial score (nSPS) is 25.6. The van der Waals surface area contributed by atoms with Crippen molar-refractivity contribution in [2.75, 3.05) is 18.9 Å². The second-order valence-electron chi connectivity index (χ2n) is 7.81. The van der Waals surface area contributed by atoms with Crippen LogP contribution in [0.3, 0.4) is 0 Å². The van der Waals surface area contributed by atoms with Crippen LogP contribution in [0.15, 0.2) is 12.3 Å². The highest BCUT2D eigenvalue weighted by molar-refractivity contribution is 5.50. The van der Waals surface area contributed by atoms with Gasteiger partial charge in [0.2, 0.25) is 5.95 Å². The Labute approximate surface area is 147 Å². The number of anilines is 1. The molecule has 2 aliphatic rings. The van der Waals surface area contributed by atoms with E-state index in [0.717, 1.165) is 44.4 Å². The van der Waals surface area contributed by atoms with E-state index in [9.17, 15) is 4.39 Å². The van der Waals surface area contributed by atoms with Crippen molar-refractivity contribution in [2.45, 2.75) is 58.0 Å². The quantitative estimate of drug-likeness (QED) is 0.826. The van der Waals surface area contributed by atoms with Crippen LogP contribution in [0.5, 0.6) is 0 Å². The van der Waals surface area contributed by atoms with Crippen molar-refractivity contribution >= 4 is 11.5 Å². The summed E-state index contributed by atoms with van der Waals surface area (Å²) in [5.41, 5.74) is 7.24. The summed E-state index contributed by atoms with van der Waals surface area (Å²) in [5.74, 6) is 0.262. The Morgan fingerprint density at radius 1 is 1.40 bits per heavy atom. The lowest BCUT2D eigenvalue weighted by molar-refractivity contribution is -0.00535. The van der Waals surface area contributed by atoms with Crippen LogP contribution in [0.2, 0.25) is 0 Å². The SMILES string of the molecule is CC1(C)CCC(c2cc(F)c3cnc(N)nn23)C1.OC1CCCOC1. The minimum Gasteiger partial charge on any atom is -0.391 e. The van der Waals surface area contributed by atoms with Crippen LogP contribution in [0, 0.1) is 11.2 Å². The smallest absolute Gasteiger partial charge is 0.238 e. The summed E-state index contributed by atoms with van der Waals surface area (Å²) in [7, 11) is 0. The zero-order valence-corrected chi connectivity index (χ0v) is 14.9. The molecule has 138 valence electrons. The summed E-state index contributed by atoms with van der Waals surface area (Å²) in [5, 5.41) is 12.9. The van der Waals surface area contributed by atoms with Crippen molar-refractivity contribution in [1.29, 1.82) is 0 Å². The fourth-order valence-corrected chi connectivity index (χ4v) is 3.69. The second kappa shape index (κ2) is 7.25. The first-order valence-electron chi connectivity index (χ1n) is 8.91. The van der Waals surface area contributed by atoms with Gasteiger partial charge in [-0.1, -0.05) is 13.8 Å². The lowest BCUT2D eigenvalue weighted by Gasteiger charge is -2.16. The molecular formula is C18H27FN4O2. The maximum absolute atomic E-state index is 13.8. The Balaban J connectivity index is 0.000000219. The standard InChI is InChI=1S/C13H17FN4.C5H10O2/c1-13(2)4-3-8(6-13)10-5-9(14)11-7-16-12(15)17-18(10)11;6-5-2-1-3-7-4-5/h5,7-8H,3-4,6H2,1-2H3,(H2,15,17);5-6H,1-4H2. The van der Waals surface area contributed by atoms with E-state index in [4.69, 9.17) is 15.6 Å². The summed E-state index contributed by atoms with van der Waals surface area (Å²) < 4.78 is 20.4. The molecule has 2 aromatic heterocycles. The largest absolute Gasteiger partial charge is 0.391 e. The molecule has 0 amide bonds. The van der Waals surface area contributed by atoms with Crippen LogP contribution >= 0.6 is 0 Å². The van der Waals surface area contributed by atoms with Crippen LogP contribution in [-0.2, 0) is 4.74 Å². The number of nitrogens with two attached hydrogens (primary N) is 1. The average Bonchev–Trinajstić information content (AvgIpc) is 3.08. The average molecular weight is 350 g/mol. The van der Waals surface area contributed by atoms with Crippen molar-refractivity contribution in [3.05, 3.63) is 23.8 Å². The molecule has 2 unspecified atom stereocenters. The molecule has 1 saturated heterocycles. The molecule has 0 aromatic carbocycles. The number of aliphatic hydroxyl groups is 1. The van der Waals surface area contributed by atoms with Gasteiger partial charge in [0.25, 0.3) is 0 Å². The molecular weight excluding hydrogens is 323 g/mol. The predicted octanol–water partition coefficient (Wildman–Crippen LogP) is 2.90. The number of nitrogen functional groups attached to an aromatic ring is 1. The van der Waals surface area contributed by atoms with Crippen LogP contribution in [0.25, 0.3) is 5.52 Å². The van der Waals surface area contributed by atoms with E-state index in [2.05, 4.69) is 23.9 Å². The molecule has 2 atom stereocenters. The molecule has 2 aromatic rings. The van der Waals surface area contributed by atoms with E-state index in [-0.39, 0.29) is 17.9 Å². The highest BCUT2D eigenvalue weighted by Crippen LogP contribution is 2.46. The molecule has 2 fully saturated rings. The first kappa shape index (κ1) is 18.1. The molecule has 3 heterocycles. The van der Waals surface area contributed by atoms with E-state index in [1.165, 1.54) is 6.20 Å². The number of hydrogen-bond donors (Lipinski definition) is 2. The molecule has 1 aliphatic heterocycles. The Morgan fingerprint density at radius 3 is 2.76 bits per heavy atom. The first-order valence-corrected chi connectivity index (χ1v) is 8.91. The number of aromatic nitrogens is 3. The van der Waals surface area contributed by atoms with Crippen LogP contribution in [-0.4, -0.2) is 39.0 Å². The molecule has 0 bridgehead atoms. The molecule has 4 rings (SSSR count). The number of fused-ring (bicyclic) bond motifs is 1. The van der Waals surface area contributed by atoms with Gasteiger partial charge in [0.1, 0.15) is 5.52 Å². The Kier molecular flexibility index (Phi) is 5.24. The molecule has 25 heavy (non-hydrogen) atoms. The van der Waals surface area contributed by atoms with Crippen molar-refractivity contribution < 1.29 is 14.2 Å². The van der Waals surface area contributed by atoms with Crippen molar-refractivity contribution in [3.8, 4) is 0 Å². The highest BCUT2D eigenvalue weighted by atomic mass is 19.1. The fourth-order valence-electron chi connectivity index (χ4n) is 3.69. The minimum absolute atomic E-state index is 0.177. The van der Waals surface area contributed by atoms with Gasteiger partial charge in [0.05, 0.1) is 18.9 Å². The topological polar surface area (TPSA) is 85.7 Å². The number of nitrogens with zero attached hydrogens (tertiary/aromatic N) is 3. The summed E-state index contributed by atoms with van der Waals surface area (Å²) in [4.78, 5) is 3.84. The molecule has 6 nitrogen and oxygen atoms in total. The van der Waals surface area contributed by atoms with Crippen LogP contribution in [0.1, 0.15) is 57.6 Å².